The molecule has 0 aliphatic carbocycles. The standard InChI is InChI=1S/C16H24N2O2/c1-4-16(9-6-10-17-16)15(20)18(5-2)14-11-13(19)8-7-12(14)3/h7-8,11,17,19H,4-6,9-10H2,1-3H3. The van der Waals surface area contributed by atoms with Crippen LogP contribution in [0.1, 0.15) is 38.7 Å². The van der Waals surface area contributed by atoms with Crippen molar-refractivity contribution in [1.29, 1.82) is 0 Å². The number of likely N-dealkylation sites (N-methyl/N-ethyl adjacent to an activating group) is 1. The van der Waals surface area contributed by atoms with Crippen molar-refractivity contribution in [1.82, 2.24) is 5.32 Å². The Bertz CT molecular complexity index is 493. The van der Waals surface area contributed by atoms with Gasteiger partial charge in [0.05, 0.1) is 11.2 Å². The molecule has 4 nitrogen and oxygen atoms in total. The van der Waals surface area contributed by atoms with Gasteiger partial charge < -0.3 is 15.3 Å². The molecule has 4 heteroatoms. The van der Waals surface area contributed by atoms with Crippen molar-refractivity contribution in [2.45, 2.75) is 45.6 Å². The van der Waals surface area contributed by atoms with Gasteiger partial charge in [-0.15, -0.1) is 0 Å². The number of aryl methyl sites for hydroxylation is 1. The molecule has 1 fully saturated rings. The van der Waals surface area contributed by atoms with E-state index in [-0.39, 0.29) is 11.7 Å². The molecule has 0 spiro atoms. The topological polar surface area (TPSA) is 52.6 Å². The molecule has 2 rings (SSSR count). The molecule has 1 atom stereocenters. The molecule has 1 aliphatic rings. The Morgan fingerprint density at radius 1 is 1.45 bits per heavy atom. The summed E-state index contributed by atoms with van der Waals surface area (Å²) in [6, 6.07) is 5.18. The highest BCUT2D eigenvalue weighted by Crippen LogP contribution is 2.31. The first-order valence-corrected chi connectivity index (χ1v) is 7.40. The largest absolute Gasteiger partial charge is 0.508 e. The van der Waals surface area contributed by atoms with Gasteiger partial charge in [-0.05, 0) is 51.3 Å². The van der Waals surface area contributed by atoms with Crippen LogP contribution in [0.15, 0.2) is 18.2 Å². The van der Waals surface area contributed by atoms with Crippen molar-refractivity contribution in [2.24, 2.45) is 0 Å². The van der Waals surface area contributed by atoms with E-state index in [0.717, 1.165) is 37.1 Å². The molecule has 0 saturated carbocycles. The molecule has 0 radical (unpaired) electrons. The number of phenolic OH excluding ortho intramolecular Hbond substituents is 1. The normalized spacial score (nSPS) is 21.9. The summed E-state index contributed by atoms with van der Waals surface area (Å²) in [5.74, 6) is 0.315. The van der Waals surface area contributed by atoms with Crippen LogP contribution >= 0.6 is 0 Å². The Morgan fingerprint density at radius 2 is 2.20 bits per heavy atom. The highest BCUT2D eigenvalue weighted by Gasteiger charge is 2.42. The van der Waals surface area contributed by atoms with E-state index >= 15 is 0 Å². The molecule has 110 valence electrons. The number of phenols is 1. The highest BCUT2D eigenvalue weighted by molar-refractivity contribution is 6.01. The van der Waals surface area contributed by atoms with Crippen LogP contribution in [0.2, 0.25) is 0 Å². The van der Waals surface area contributed by atoms with Crippen LogP contribution in [0, 0.1) is 6.92 Å². The van der Waals surface area contributed by atoms with E-state index in [1.54, 1.807) is 17.0 Å². The molecule has 1 aliphatic heterocycles. The van der Waals surface area contributed by atoms with Gasteiger partial charge in [-0.25, -0.2) is 0 Å². The molecule has 1 aromatic carbocycles. The minimum atomic E-state index is -0.437. The Labute approximate surface area is 120 Å². The van der Waals surface area contributed by atoms with Crippen LogP contribution in [0.4, 0.5) is 5.69 Å². The van der Waals surface area contributed by atoms with E-state index in [4.69, 9.17) is 0 Å². The molecule has 1 heterocycles. The van der Waals surface area contributed by atoms with Gasteiger partial charge in [0.1, 0.15) is 5.75 Å². The first-order chi connectivity index (χ1) is 9.54. The van der Waals surface area contributed by atoms with Crippen molar-refractivity contribution < 1.29 is 9.90 Å². The predicted octanol–water partition coefficient (Wildman–Crippen LogP) is 2.59. The summed E-state index contributed by atoms with van der Waals surface area (Å²) in [7, 11) is 0. The molecule has 0 bridgehead atoms. The van der Waals surface area contributed by atoms with Crippen molar-refractivity contribution in [3.8, 4) is 5.75 Å². The summed E-state index contributed by atoms with van der Waals surface area (Å²) in [6.07, 6.45) is 2.72. The van der Waals surface area contributed by atoms with Gasteiger partial charge in [-0.1, -0.05) is 13.0 Å². The second-order valence-electron chi connectivity index (χ2n) is 5.49. The number of hydrogen-bond acceptors (Lipinski definition) is 3. The zero-order chi connectivity index (χ0) is 14.8. The smallest absolute Gasteiger partial charge is 0.247 e. The maximum atomic E-state index is 13.0. The van der Waals surface area contributed by atoms with Gasteiger partial charge in [-0.3, -0.25) is 4.79 Å². The second kappa shape index (κ2) is 5.83. The van der Waals surface area contributed by atoms with Crippen LogP contribution in [-0.2, 0) is 4.79 Å². The van der Waals surface area contributed by atoms with Gasteiger partial charge in [0.2, 0.25) is 5.91 Å². The van der Waals surface area contributed by atoms with Gasteiger partial charge >= 0.3 is 0 Å². The van der Waals surface area contributed by atoms with Gasteiger partial charge in [0.25, 0.3) is 0 Å². The number of amides is 1. The summed E-state index contributed by atoms with van der Waals surface area (Å²) in [5, 5.41) is 13.1. The van der Waals surface area contributed by atoms with Crippen molar-refractivity contribution in [2.75, 3.05) is 18.0 Å². The maximum absolute atomic E-state index is 13.0. The number of aromatic hydroxyl groups is 1. The van der Waals surface area contributed by atoms with Gasteiger partial charge in [0.15, 0.2) is 0 Å². The van der Waals surface area contributed by atoms with Crippen LogP contribution < -0.4 is 10.2 Å². The third-order valence-corrected chi connectivity index (χ3v) is 4.30. The Hall–Kier alpha value is -1.55. The molecular weight excluding hydrogens is 252 g/mol. The lowest BCUT2D eigenvalue weighted by atomic mass is 9.92. The number of benzene rings is 1. The van der Waals surface area contributed by atoms with Crippen LogP contribution in [0.25, 0.3) is 0 Å². The number of nitrogens with one attached hydrogen (secondary N) is 1. The average molecular weight is 276 g/mol. The summed E-state index contributed by atoms with van der Waals surface area (Å²) >= 11 is 0. The van der Waals surface area contributed by atoms with Gasteiger partial charge in [0, 0.05) is 12.6 Å². The fourth-order valence-electron chi connectivity index (χ4n) is 3.01. The maximum Gasteiger partial charge on any atom is 0.247 e. The lowest BCUT2D eigenvalue weighted by Crippen LogP contribution is -2.55. The zero-order valence-electron chi connectivity index (χ0n) is 12.6. The van der Waals surface area contributed by atoms with Crippen molar-refractivity contribution in [3.63, 3.8) is 0 Å². The third-order valence-electron chi connectivity index (χ3n) is 4.30. The van der Waals surface area contributed by atoms with E-state index < -0.39 is 5.54 Å². The van der Waals surface area contributed by atoms with E-state index in [0.29, 0.717) is 6.54 Å². The Balaban J connectivity index is 2.36. The summed E-state index contributed by atoms with van der Waals surface area (Å²) < 4.78 is 0. The molecule has 20 heavy (non-hydrogen) atoms. The third kappa shape index (κ3) is 2.52. The fraction of sp³-hybridized carbons (Fsp3) is 0.562. The fourth-order valence-corrected chi connectivity index (χ4v) is 3.01. The number of anilines is 1. The molecule has 2 N–H and O–H groups in total. The van der Waals surface area contributed by atoms with E-state index in [1.807, 2.05) is 19.9 Å². The van der Waals surface area contributed by atoms with E-state index in [2.05, 4.69) is 12.2 Å². The van der Waals surface area contributed by atoms with Crippen molar-refractivity contribution >= 4 is 11.6 Å². The lowest BCUT2D eigenvalue weighted by Gasteiger charge is -2.34. The minimum Gasteiger partial charge on any atom is -0.508 e. The van der Waals surface area contributed by atoms with E-state index in [9.17, 15) is 9.90 Å². The first kappa shape index (κ1) is 14.9. The molecule has 1 saturated heterocycles. The van der Waals surface area contributed by atoms with Crippen LogP contribution in [-0.4, -0.2) is 29.6 Å². The summed E-state index contributed by atoms with van der Waals surface area (Å²) in [4.78, 5) is 14.8. The SMILES string of the molecule is CCN(C(=O)C1(CC)CCCN1)c1cc(O)ccc1C. The van der Waals surface area contributed by atoms with E-state index in [1.165, 1.54) is 0 Å². The van der Waals surface area contributed by atoms with Gasteiger partial charge in [-0.2, -0.15) is 0 Å². The predicted molar refractivity (Wildman–Crippen MR) is 81.1 cm³/mol. The number of nitrogens with zero attached hydrogens (tertiary/aromatic N) is 1. The quantitative estimate of drug-likeness (QED) is 0.888. The minimum absolute atomic E-state index is 0.119. The Kier molecular flexibility index (Phi) is 4.33. The van der Waals surface area contributed by atoms with Crippen LogP contribution in [0.5, 0.6) is 5.75 Å². The first-order valence-electron chi connectivity index (χ1n) is 7.40. The average Bonchev–Trinajstić information content (AvgIpc) is 2.93. The van der Waals surface area contributed by atoms with Crippen LogP contribution in [0.3, 0.4) is 0 Å². The Morgan fingerprint density at radius 3 is 2.75 bits per heavy atom. The molecule has 0 aromatic heterocycles. The molecular formula is C16H24N2O2. The zero-order valence-corrected chi connectivity index (χ0v) is 12.6. The highest BCUT2D eigenvalue weighted by atomic mass is 16.3. The monoisotopic (exact) mass is 276 g/mol. The van der Waals surface area contributed by atoms with Crippen molar-refractivity contribution in [3.05, 3.63) is 23.8 Å². The summed E-state index contributed by atoms with van der Waals surface area (Å²) in [5.41, 5.74) is 1.37. The molecule has 1 unspecified atom stereocenters. The number of hydrogen-bond donors (Lipinski definition) is 2. The number of rotatable bonds is 4. The number of carbonyl (C=O) groups excluding carboxylic acids is 1. The molecule has 1 amide bonds. The summed E-state index contributed by atoms with van der Waals surface area (Å²) in [6.45, 7) is 7.49. The second-order valence-corrected chi connectivity index (χ2v) is 5.49. The molecule has 1 aromatic rings. The number of carbonyl (C=O) groups is 1. The lowest BCUT2D eigenvalue weighted by molar-refractivity contribution is -0.124.